The summed E-state index contributed by atoms with van der Waals surface area (Å²) in [6.07, 6.45) is 3.50. The minimum Gasteiger partial charge on any atom is -0.271 e. The van der Waals surface area contributed by atoms with Gasteiger partial charge in [0, 0.05) is 6.54 Å². The first-order valence-corrected chi connectivity index (χ1v) is 8.12. The van der Waals surface area contributed by atoms with Gasteiger partial charge in [-0.15, -0.1) is 0 Å². The molecular weight excluding hydrogens is 284 g/mol. The van der Waals surface area contributed by atoms with Gasteiger partial charge in [-0.2, -0.15) is 5.26 Å². The Morgan fingerprint density at radius 2 is 2.16 bits per heavy atom. The van der Waals surface area contributed by atoms with E-state index in [1.54, 1.807) is 37.6 Å². The van der Waals surface area contributed by atoms with Crippen LogP contribution < -0.4 is 10.0 Å². The van der Waals surface area contributed by atoms with Crippen molar-refractivity contribution in [3.05, 3.63) is 24.3 Å². The van der Waals surface area contributed by atoms with E-state index in [0.29, 0.717) is 11.7 Å². The van der Waals surface area contributed by atoms with E-state index in [1.807, 2.05) is 0 Å². The van der Waals surface area contributed by atoms with Crippen LogP contribution in [0.4, 0.5) is 5.69 Å². The average Bonchev–Trinajstić information content (AvgIpc) is 2.38. The molecule has 0 saturated heterocycles. The smallest absolute Gasteiger partial charge is 0.242 e. The maximum absolute atomic E-state index is 12.0. The van der Waals surface area contributed by atoms with Crippen molar-refractivity contribution in [1.29, 1.82) is 5.26 Å². The maximum Gasteiger partial charge on any atom is 0.242 e. The molecule has 102 valence electrons. The number of para-hydroxylation sites is 1. The van der Waals surface area contributed by atoms with Crippen molar-refractivity contribution in [3.63, 3.8) is 0 Å². The van der Waals surface area contributed by atoms with Gasteiger partial charge in [0.25, 0.3) is 0 Å². The second-order valence-electron chi connectivity index (χ2n) is 3.33. The fraction of sp³-hybridized carbons (Fsp3) is 0.273. The van der Waals surface area contributed by atoms with Crippen LogP contribution in [0.3, 0.4) is 0 Å². The molecule has 0 aliphatic heterocycles. The molecule has 0 bridgehead atoms. The molecule has 6 nitrogen and oxygen atoms in total. The van der Waals surface area contributed by atoms with Crippen LogP contribution in [0.5, 0.6) is 0 Å². The monoisotopic (exact) mass is 298 g/mol. The Balaban J connectivity index is 3.28. The molecule has 1 aromatic carbocycles. The summed E-state index contributed by atoms with van der Waals surface area (Å²) in [6.45, 7) is 2.00. The van der Waals surface area contributed by atoms with E-state index in [0.717, 1.165) is 0 Å². The molecule has 0 saturated carbocycles. The first kappa shape index (κ1) is 15.5. The standard InChI is InChI=1S/C11H14N4O2S2/c1-3-14-19(16,17)10-7-5-4-6-9(10)15-11(18-2)13-8-12/h4-7,14H,3H2,1-2H3,(H,13,15). The molecule has 8 heteroatoms. The normalized spacial score (nSPS) is 11.9. The number of nitriles is 1. The Labute approximate surface area is 117 Å². The maximum atomic E-state index is 12.0. The number of rotatable bonds is 4. The lowest BCUT2D eigenvalue weighted by Gasteiger charge is -2.08. The lowest BCUT2D eigenvalue weighted by atomic mass is 10.3. The second kappa shape index (κ2) is 7.13. The Kier molecular flexibility index (Phi) is 5.82. The van der Waals surface area contributed by atoms with Crippen LogP contribution in [0, 0.1) is 11.5 Å². The van der Waals surface area contributed by atoms with Crippen molar-refractivity contribution >= 4 is 32.6 Å². The Hall–Kier alpha value is -1.56. The number of nitrogens with zero attached hydrogens (tertiary/aromatic N) is 2. The number of aliphatic imine (C=N–C) groups is 1. The molecule has 0 aliphatic rings. The van der Waals surface area contributed by atoms with E-state index in [-0.39, 0.29) is 10.6 Å². The zero-order valence-electron chi connectivity index (χ0n) is 10.5. The zero-order valence-corrected chi connectivity index (χ0v) is 12.2. The number of hydrogen-bond acceptors (Lipinski definition) is 5. The Bertz CT molecular complexity index is 605. The molecular formula is C11H14N4O2S2. The molecule has 1 rings (SSSR count). The van der Waals surface area contributed by atoms with E-state index >= 15 is 0 Å². The number of nitrogens with one attached hydrogen (secondary N) is 2. The van der Waals surface area contributed by atoms with Crippen LogP contribution in [0.15, 0.2) is 34.2 Å². The third-order valence-corrected chi connectivity index (χ3v) is 4.24. The SMILES string of the molecule is CCNS(=O)(=O)c1ccccc1N=C(NC#N)SC. The number of thioether (sulfide) groups is 1. The molecule has 2 N–H and O–H groups in total. The summed E-state index contributed by atoms with van der Waals surface area (Å²) < 4.78 is 26.4. The van der Waals surface area contributed by atoms with Gasteiger partial charge < -0.3 is 0 Å². The topological polar surface area (TPSA) is 94.3 Å². The summed E-state index contributed by atoms with van der Waals surface area (Å²) in [5.74, 6) is 0. The fourth-order valence-electron chi connectivity index (χ4n) is 1.33. The highest BCUT2D eigenvalue weighted by molar-refractivity contribution is 8.13. The van der Waals surface area contributed by atoms with Crippen LogP contribution in [0.1, 0.15) is 6.92 Å². The summed E-state index contributed by atoms with van der Waals surface area (Å²) in [5, 5.41) is 11.3. The van der Waals surface area contributed by atoms with Crippen LogP contribution in [0.25, 0.3) is 0 Å². The van der Waals surface area contributed by atoms with Gasteiger partial charge >= 0.3 is 0 Å². The molecule has 0 aliphatic carbocycles. The minimum atomic E-state index is -3.59. The van der Waals surface area contributed by atoms with Crippen molar-refractivity contribution in [2.75, 3.05) is 12.8 Å². The number of hydrogen-bond donors (Lipinski definition) is 2. The van der Waals surface area contributed by atoms with Gasteiger partial charge in [0.2, 0.25) is 10.0 Å². The van der Waals surface area contributed by atoms with Crippen LogP contribution in [-0.2, 0) is 10.0 Å². The van der Waals surface area contributed by atoms with Crippen molar-refractivity contribution in [2.45, 2.75) is 11.8 Å². The zero-order chi connectivity index (χ0) is 14.3. The van der Waals surface area contributed by atoms with Gasteiger partial charge in [-0.05, 0) is 18.4 Å². The van der Waals surface area contributed by atoms with Gasteiger partial charge in [-0.1, -0.05) is 30.8 Å². The van der Waals surface area contributed by atoms with Gasteiger partial charge in [-0.25, -0.2) is 18.1 Å². The van der Waals surface area contributed by atoms with Crippen LogP contribution in [0.2, 0.25) is 0 Å². The molecule has 0 atom stereocenters. The highest BCUT2D eigenvalue weighted by Gasteiger charge is 2.17. The average molecular weight is 298 g/mol. The molecule has 0 spiro atoms. The van der Waals surface area contributed by atoms with E-state index in [9.17, 15) is 8.42 Å². The number of amidine groups is 1. The largest absolute Gasteiger partial charge is 0.271 e. The first-order chi connectivity index (χ1) is 9.05. The third-order valence-electron chi connectivity index (χ3n) is 2.07. The van der Waals surface area contributed by atoms with Gasteiger partial charge in [0.05, 0.1) is 5.69 Å². The van der Waals surface area contributed by atoms with E-state index < -0.39 is 10.0 Å². The Morgan fingerprint density at radius 3 is 2.74 bits per heavy atom. The van der Waals surface area contributed by atoms with E-state index in [2.05, 4.69) is 15.0 Å². The minimum absolute atomic E-state index is 0.0862. The summed E-state index contributed by atoms with van der Waals surface area (Å²) in [5.41, 5.74) is 0.288. The molecule has 0 unspecified atom stereocenters. The molecule has 0 heterocycles. The van der Waals surface area contributed by atoms with E-state index in [1.165, 1.54) is 17.8 Å². The quantitative estimate of drug-likeness (QED) is 0.379. The van der Waals surface area contributed by atoms with Crippen LogP contribution >= 0.6 is 11.8 Å². The third kappa shape index (κ3) is 4.24. The molecule has 19 heavy (non-hydrogen) atoms. The Morgan fingerprint density at radius 1 is 1.47 bits per heavy atom. The predicted molar refractivity (Wildman–Crippen MR) is 76.7 cm³/mol. The lowest BCUT2D eigenvalue weighted by Crippen LogP contribution is -2.23. The van der Waals surface area contributed by atoms with Gasteiger partial charge in [0.1, 0.15) is 4.90 Å². The molecule has 1 aromatic rings. The number of benzene rings is 1. The summed E-state index contributed by atoms with van der Waals surface area (Å²) in [4.78, 5) is 4.23. The van der Waals surface area contributed by atoms with Crippen molar-refractivity contribution in [3.8, 4) is 6.19 Å². The van der Waals surface area contributed by atoms with Crippen molar-refractivity contribution < 1.29 is 8.42 Å². The van der Waals surface area contributed by atoms with Crippen molar-refractivity contribution in [2.24, 2.45) is 4.99 Å². The summed E-state index contributed by atoms with van der Waals surface area (Å²) >= 11 is 1.22. The highest BCUT2D eigenvalue weighted by Crippen LogP contribution is 2.24. The molecule has 0 aromatic heterocycles. The van der Waals surface area contributed by atoms with E-state index in [4.69, 9.17) is 5.26 Å². The highest BCUT2D eigenvalue weighted by atomic mass is 32.2. The summed E-state index contributed by atoms with van der Waals surface area (Å²) in [6, 6.07) is 6.37. The van der Waals surface area contributed by atoms with Gasteiger partial charge in [0.15, 0.2) is 11.4 Å². The molecule has 0 radical (unpaired) electrons. The van der Waals surface area contributed by atoms with Gasteiger partial charge in [-0.3, -0.25) is 5.32 Å². The van der Waals surface area contributed by atoms with Crippen LogP contribution in [-0.4, -0.2) is 26.4 Å². The predicted octanol–water partition coefficient (Wildman–Crippen LogP) is 1.41. The fourth-order valence-corrected chi connectivity index (χ4v) is 2.85. The summed E-state index contributed by atoms with van der Waals surface area (Å²) in [7, 11) is -3.59. The van der Waals surface area contributed by atoms with Crippen molar-refractivity contribution in [1.82, 2.24) is 10.0 Å². The second-order valence-corrected chi connectivity index (χ2v) is 5.86. The molecule has 0 amide bonds. The lowest BCUT2D eigenvalue weighted by molar-refractivity contribution is 0.584. The number of sulfonamides is 1. The first-order valence-electron chi connectivity index (χ1n) is 5.41. The molecule has 0 fully saturated rings.